The normalized spacial score (nSPS) is 12.5. The third kappa shape index (κ3) is 3.37. The van der Waals surface area contributed by atoms with Crippen LogP contribution in [0.2, 0.25) is 0 Å². The van der Waals surface area contributed by atoms with Crippen LogP contribution in [0.25, 0.3) is 28.4 Å². The van der Waals surface area contributed by atoms with E-state index in [0.717, 1.165) is 0 Å². The van der Waals surface area contributed by atoms with Gasteiger partial charge in [-0.25, -0.2) is 19.3 Å². The number of nitrogens with two attached hydrogens (primary N) is 2. The van der Waals surface area contributed by atoms with Gasteiger partial charge in [-0.2, -0.15) is 0 Å². The van der Waals surface area contributed by atoms with Crippen molar-refractivity contribution >= 4 is 28.7 Å². The van der Waals surface area contributed by atoms with Crippen LogP contribution in [0, 0.1) is 5.82 Å². The number of nitrogens with one attached hydrogen (secondary N) is 2. The van der Waals surface area contributed by atoms with Gasteiger partial charge in [-0.05, 0) is 48.5 Å². The van der Waals surface area contributed by atoms with E-state index in [1.165, 1.54) is 37.1 Å². The monoisotopic (exact) mass is 405 g/mol. The molecule has 0 aliphatic rings. The molecule has 0 saturated heterocycles. The second-order valence-corrected chi connectivity index (χ2v) is 6.74. The van der Waals surface area contributed by atoms with E-state index in [0.29, 0.717) is 44.9 Å². The Morgan fingerprint density at radius 2 is 2.07 bits per heavy atom. The molecule has 8 nitrogen and oxygen atoms in total. The quantitative estimate of drug-likeness (QED) is 0.320. The van der Waals surface area contributed by atoms with Gasteiger partial charge in [0.05, 0.1) is 18.1 Å². The molecule has 1 unspecified atom stereocenters. The summed E-state index contributed by atoms with van der Waals surface area (Å²) in [7, 11) is 0. The molecule has 4 aromatic rings. The fraction of sp³-hybridized carbons (Fsp3) is 0.0952. The summed E-state index contributed by atoms with van der Waals surface area (Å²) in [5.74, 6) is 0.0880. The Balaban J connectivity index is 1.86. The zero-order valence-corrected chi connectivity index (χ0v) is 16.1. The molecule has 4 rings (SSSR count). The van der Waals surface area contributed by atoms with Crippen molar-refractivity contribution in [2.75, 3.05) is 11.1 Å². The van der Waals surface area contributed by atoms with Crippen molar-refractivity contribution in [3.05, 3.63) is 66.1 Å². The largest absolute Gasteiger partial charge is 0.507 e. The summed E-state index contributed by atoms with van der Waals surface area (Å²) in [6, 6.07) is 7.35. The number of hydrogen-bond donors (Lipinski definition) is 5. The molecule has 2 aromatic carbocycles. The molecule has 0 bridgehead atoms. The van der Waals surface area contributed by atoms with Crippen molar-refractivity contribution in [2.24, 2.45) is 5.73 Å². The van der Waals surface area contributed by atoms with Gasteiger partial charge in [0, 0.05) is 11.1 Å². The number of phenols is 1. The van der Waals surface area contributed by atoms with Crippen LogP contribution in [0.15, 0.2) is 49.2 Å². The number of H-pyrrole nitrogens is 1. The van der Waals surface area contributed by atoms with Gasteiger partial charge in [-0.15, -0.1) is 0 Å². The minimum absolute atomic E-state index is 0.0365. The highest BCUT2D eigenvalue weighted by Gasteiger charge is 2.21. The maximum Gasteiger partial charge on any atom is 0.162 e. The first-order valence-corrected chi connectivity index (χ1v) is 9.19. The average molecular weight is 405 g/mol. The molecule has 0 radical (unpaired) electrons. The molecule has 9 heteroatoms. The summed E-state index contributed by atoms with van der Waals surface area (Å²) in [6.07, 6.45) is 5.75. The lowest BCUT2D eigenvalue weighted by Gasteiger charge is -2.22. The number of fused-ring (bicyclic) bond motifs is 1. The summed E-state index contributed by atoms with van der Waals surface area (Å²) >= 11 is 0. The Kier molecular flexibility index (Phi) is 4.93. The van der Waals surface area contributed by atoms with Gasteiger partial charge in [0.15, 0.2) is 11.5 Å². The topological polar surface area (TPSA) is 139 Å². The third-order valence-electron chi connectivity index (χ3n) is 4.83. The number of aromatic nitrogens is 4. The van der Waals surface area contributed by atoms with Crippen LogP contribution in [0.5, 0.6) is 5.75 Å². The van der Waals surface area contributed by atoms with Crippen LogP contribution in [0.1, 0.15) is 24.1 Å². The molecule has 0 spiro atoms. The molecular formula is C21H20FN7O. The molecule has 2 aromatic heterocycles. The third-order valence-corrected chi connectivity index (χ3v) is 4.83. The predicted molar refractivity (Wildman–Crippen MR) is 115 cm³/mol. The van der Waals surface area contributed by atoms with Gasteiger partial charge in [-0.3, -0.25) is 0 Å². The van der Waals surface area contributed by atoms with Crippen molar-refractivity contribution in [3.8, 4) is 16.9 Å². The highest BCUT2D eigenvalue weighted by Crippen LogP contribution is 2.41. The first kappa shape index (κ1) is 19.2. The van der Waals surface area contributed by atoms with E-state index < -0.39 is 5.82 Å². The minimum atomic E-state index is -0.392. The number of imidazole rings is 1. The second kappa shape index (κ2) is 7.70. The number of hydrogen-bond acceptors (Lipinski definition) is 7. The smallest absolute Gasteiger partial charge is 0.162 e. The summed E-state index contributed by atoms with van der Waals surface area (Å²) in [5.41, 5.74) is 15.6. The second-order valence-electron chi connectivity index (χ2n) is 6.74. The molecule has 30 heavy (non-hydrogen) atoms. The van der Waals surface area contributed by atoms with Crippen LogP contribution in [-0.2, 0) is 0 Å². The Labute approximate surface area is 171 Å². The molecular weight excluding hydrogens is 385 g/mol. The fourth-order valence-corrected chi connectivity index (χ4v) is 3.46. The molecule has 7 N–H and O–H groups in total. The van der Waals surface area contributed by atoms with Crippen LogP contribution >= 0.6 is 0 Å². The summed E-state index contributed by atoms with van der Waals surface area (Å²) in [6.45, 7) is 1.88. The number of aromatic hydroxyl groups is 1. The number of benzene rings is 2. The van der Waals surface area contributed by atoms with Crippen molar-refractivity contribution < 1.29 is 9.50 Å². The van der Waals surface area contributed by atoms with E-state index in [1.54, 1.807) is 18.2 Å². The lowest BCUT2D eigenvalue weighted by molar-refractivity contribution is 0.473. The number of nitrogen functional groups attached to an aromatic ring is 1. The van der Waals surface area contributed by atoms with Crippen LogP contribution in [-0.4, -0.2) is 25.0 Å². The van der Waals surface area contributed by atoms with Gasteiger partial charge < -0.3 is 26.9 Å². The number of phenolic OH excluding ortho intramolecular Hbond substituents is 1. The highest BCUT2D eigenvalue weighted by molar-refractivity contribution is 5.89. The number of nitrogens with zero attached hydrogens (tertiary/aromatic N) is 3. The number of rotatable bonds is 5. The first-order valence-electron chi connectivity index (χ1n) is 9.19. The summed E-state index contributed by atoms with van der Waals surface area (Å²) < 4.78 is 14.0. The summed E-state index contributed by atoms with van der Waals surface area (Å²) in [4.78, 5) is 15.6. The van der Waals surface area contributed by atoms with Crippen LogP contribution < -0.4 is 16.8 Å². The molecule has 2 heterocycles. The average Bonchev–Trinajstić information content (AvgIpc) is 3.20. The van der Waals surface area contributed by atoms with Crippen molar-refractivity contribution in [2.45, 2.75) is 13.0 Å². The van der Waals surface area contributed by atoms with Gasteiger partial charge in [0.2, 0.25) is 0 Å². The number of halogens is 1. The number of anilines is 2. The van der Waals surface area contributed by atoms with Crippen LogP contribution in [0.4, 0.5) is 15.9 Å². The maximum atomic E-state index is 14.0. The van der Waals surface area contributed by atoms with E-state index in [4.69, 9.17) is 11.5 Å². The zero-order chi connectivity index (χ0) is 21.3. The van der Waals surface area contributed by atoms with Crippen molar-refractivity contribution in [3.63, 3.8) is 0 Å². The van der Waals surface area contributed by atoms with Gasteiger partial charge in [-0.1, -0.05) is 12.1 Å². The molecule has 1 atom stereocenters. The van der Waals surface area contributed by atoms with E-state index in [2.05, 4.69) is 25.3 Å². The molecule has 152 valence electrons. The predicted octanol–water partition coefficient (Wildman–Crippen LogP) is 3.55. The number of aromatic amines is 1. The van der Waals surface area contributed by atoms with E-state index >= 15 is 0 Å². The Bertz CT molecular complexity index is 1250. The lowest BCUT2D eigenvalue weighted by Crippen LogP contribution is -2.12. The lowest BCUT2D eigenvalue weighted by atomic mass is 9.90. The van der Waals surface area contributed by atoms with E-state index in [1.807, 2.05) is 6.92 Å². The molecule has 0 saturated carbocycles. The summed E-state index contributed by atoms with van der Waals surface area (Å²) in [5, 5.41) is 13.8. The zero-order valence-electron chi connectivity index (χ0n) is 16.1. The highest BCUT2D eigenvalue weighted by atomic mass is 19.1. The minimum Gasteiger partial charge on any atom is -0.507 e. The van der Waals surface area contributed by atoms with Crippen molar-refractivity contribution in [1.29, 1.82) is 0 Å². The molecule has 0 aliphatic heterocycles. The van der Waals surface area contributed by atoms with Crippen LogP contribution in [0.3, 0.4) is 0 Å². The van der Waals surface area contributed by atoms with Gasteiger partial charge in [0.25, 0.3) is 0 Å². The Hall–Kier alpha value is -4.14. The first-order chi connectivity index (χ1) is 14.5. The molecule has 0 fully saturated rings. The van der Waals surface area contributed by atoms with E-state index in [9.17, 15) is 9.50 Å². The fourth-order valence-electron chi connectivity index (χ4n) is 3.46. The SMILES string of the molecule is CC(Nc1ncnc2[nH]cnc12)c1cc(O)c(/C=C\N)c(N)c1-c1cccc(F)c1. The van der Waals surface area contributed by atoms with Gasteiger partial charge >= 0.3 is 0 Å². The van der Waals surface area contributed by atoms with Gasteiger partial charge in [0.1, 0.15) is 23.4 Å². The Morgan fingerprint density at radius 3 is 2.83 bits per heavy atom. The van der Waals surface area contributed by atoms with E-state index in [-0.39, 0.29) is 11.8 Å². The Morgan fingerprint density at radius 1 is 1.23 bits per heavy atom. The standard InChI is InChI=1S/C21H20FN7O/c1-11(29-21-19-20(26-9-25-19)27-10-28-21)15-8-16(30)14(5-6-23)18(24)17(15)12-3-2-4-13(22)7-12/h2-11,30H,23-24H2,1H3,(H2,25,26,27,28,29)/b6-5-. The molecule has 0 aliphatic carbocycles. The van der Waals surface area contributed by atoms with Crippen molar-refractivity contribution in [1.82, 2.24) is 19.9 Å². The molecule has 0 amide bonds. The maximum absolute atomic E-state index is 14.0.